The second-order valence-electron chi connectivity index (χ2n) is 3.56. The van der Waals surface area contributed by atoms with E-state index in [1.54, 1.807) is 11.8 Å². The van der Waals surface area contributed by atoms with Gasteiger partial charge in [-0.1, -0.05) is 11.6 Å². The smallest absolute Gasteiger partial charge is 0.255 e. The summed E-state index contributed by atoms with van der Waals surface area (Å²) in [4.78, 5) is 13.6. The number of amides is 1. The van der Waals surface area contributed by atoms with Crippen LogP contribution < -0.4 is 0 Å². The molecular weight excluding hydrogens is 229 g/mol. The largest absolute Gasteiger partial charge is 0.339 e. The first kappa shape index (κ1) is 13.0. The average Bonchev–Trinajstić information content (AvgIpc) is 2.24. The third-order valence-corrected chi connectivity index (χ3v) is 3.00. The van der Waals surface area contributed by atoms with Crippen molar-refractivity contribution in [3.05, 3.63) is 34.1 Å². The highest BCUT2D eigenvalue weighted by atomic mass is 35.5. The minimum absolute atomic E-state index is 0.224. The first-order valence-electron chi connectivity index (χ1n) is 5.26. The molecule has 0 aliphatic carbocycles. The zero-order valence-corrected chi connectivity index (χ0v) is 10.4. The van der Waals surface area contributed by atoms with Crippen LogP contribution in [0.25, 0.3) is 0 Å². The van der Waals surface area contributed by atoms with Crippen molar-refractivity contribution in [3.63, 3.8) is 0 Å². The Kier molecular flexibility index (Phi) is 4.30. The molecule has 0 bridgehead atoms. The van der Waals surface area contributed by atoms with Gasteiger partial charge in [0, 0.05) is 13.1 Å². The van der Waals surface area contributed by atoms with Crippen molar-refractivity contribution < 1.29 is 9.18 Å². The van der Waals surface area contributed by atoms with Crippen LogP contribution in [0.1, 0.15) is 29.8 Å². The van der Waals surface area contributed by atoms with Gasteiger partial charge in [0.15, 0.2) is 0 Å². The minimum Gasteiger partial charge on any atom is -0.339 e. The summed E-state index contributed by atoms with van der Waals surface area (Å²) in [7, 11) is 0. The number of halogens is 2. The van der Waals surface area contributed by atoms with Gasteiger partial charge < -0.3 is 4.90 Å². The SMILES string of the molecule is CCN(CC)C(=O)c1cc(F)cc(C)c1Cl. The predicted molar refractivity (Wildman–Crippen MR) is 63.4 cm³/mol. The first-order valence-corrected chi connectivity index (χ1v) is 5.64. The Labute approximate surface area is 100 Å². The average molecular weight is 244 g/mol. The lowest BCUT2D eigenvalue weighted by atomic mass is 10.1. The molecule has 1 rings (SSSR count). The molecule has 1 aromatic carbocycles. The number of nitrogens with zero attached hydrogens (tertiary/aromatic N) is 1. The molecule has 0 saturated heterocycles. The Balaban J connectivity index is 3.17. The summed E-state index contributed by atoms with van der Waals surface area (Å²) in [5, 5.41) is 0.332. The number of carbonyl (C=O) groups is 1. The standard InChI is InChI=1S/C12H15ClFNO/c1-4-15(5-2)12(16)10-7-9(14)6-8(3)11(10)13/h6-7H,4-5H2,1-3H3. The maximum absolute atomic E-state index is 13.2. The van der Waals surface area contributed by atoms with Crippen LogP contribution in [0.4, 0.5) is 4.39 Å². The summed E-state index contributed by atoms with van der Waals surface area (Å²) in [5.41, 5.74) is 0.819. The van der Waals surface area contributed by atoms with Crippen molar-refractivity contribution in [1.82, 2.24) is 4.90 Å². The first-order chi connectivity index (χ1) is 7.51. The van der Waals surface area contributed by atoms with Gasteiger partial charge in [0.25, 0.3) is 5.91 Å². The third-order valence-electron chi connectivity index (χ3n) is 2.50. The summed E-state index contributed by atoms with van der Waals surface area (Å²) in [6.07, 6.45) is 0. The Morgan fingerprint density at radius 3 is 2.44 bits per heavy atom. The maximum Gasteiger partial charge on any atom is 0.255 e. The van der Waals surface area contributed by atoms with Gasteiger partial charge in [0.1, 0.15) is 5.82 Å². The molecule has 0 spiro atoms. The van der Waals surface area contributed by atoms with Gasteiger partial charge in [0.2, 0.25) is 0 Å². The molecule has 0 aliphatic heterocycles. The van der Waals surface area contributed by atoms with E-state index in [9.17, 15) is 9.18 Å². The lowest BCUT2D eigenvalue weighted by Crippen LogP contribution is -2.30. The van der Waals surface area contributed by atoms with Gasteiger partial charge in [-0.05, 0) is 38.5 Å². The fourth-order valence-corrected chi connectivity index (χ4v) is 1.75. The zero-order chi connectivity index (χ0) is 12.3. The normalized spacial score (nSPS) is 10.3. The molecule has 0 heterocycles. The van der Waals surface area contributed by atoms with Crippen molar-refractivity contribution in [3.8, 4) is 0 Å². The van der Waals surface area contributed by atoms with Crippen LogP contribution in [0.3, 0.4) is 0 Å². The Morgan fingerprint density at radius 1 is 1.38 bits per heavy atom. The van der Waals surface area contributed by atoms with E-state index < -0.39 is 5.82 Å². The van der Waals surface area contributed by atoms with E-state index in [0.717, 1.165) is 0 Å². The molecule has 0 radical (unpaired) electrons. The van der Waals surface area contributed by atoms with Crippen molar-refractivity contribution in [1.29, 1.82) is 0 Å². The van der Waals surface area contributed by atoms with Crippen LogP contribution >= 0.6 is 11.6 Å². The molecule has 0 aromatic heterocycles. The molecule has 4 heteroatoms. The summed E-state index contributed by atoms with van der Waals surface area (Å²) in [5.74, 6) is -0.657. The monoisotopic (exact) mass is 243 g/mol. The predicted octanol–water partition coefficient (Wildman–Crippen LogP) is 3.27. The molecular formula is C12H15ClFNO. The van der Waals surface area contributed by atoms with Gasteiger partial charge in [-0.3, -0.25) is 4.79 Å². The van der Waals surface area contributed by atoms with Gasteiger partial charge >= 0.3 is 0 Å². The number of carbonyl (C=O) groups excluding carboxylic acids is 1. The molecule has 0 saturated carbocycles. The van der Waals surface area contributed by atoms with Crippen molar-refractivity contribution in [2.24, 2.45) is 0 Å². The molecule has 0 unspecified atom stereocenters. The maximum atomic E-state index is 13.2. The Hall–Kier alpha value is -1.09. The summed E-state index contributed by atoms with van der Waals surface area (Å²) >= 11 is 6.00. The molecule has 16 heavy (non-hydrogen) atoms. The van der Waals surface area contributed by atoms with Gasteiger partial charge in [-0.15, -0.1) is 0 Å². The molecule has 1 amide bonds. The molecule has 88 valence electrons. The fraction of sp³-hybridized carbons (Fsp3) is 0.417. The zero-order valence-electron chi connectivity index (χ0n) is 9.68. The summed E-state index contributed by atoms with van der Waals surface area (Å²) < 4.78 is 13.2. The van der Waals surface area contributed by atoms with E-state index in [2.05, 4.69) is 0 Å². The van der Waals surface area contributed by atoms with Crippen molar-refractivity contribution >= 4 is 17.5 Å². The second-order valence-corrected chi connectivity index (χ2v) is 3.94. The number of aryl methyl sites for hydroxylation is 1. The van der Waals surface area contributed by atoms with Crippen LogP contribution in [0, 0.1) is 12.7 Å². The molecule has 0 aliphatic rings. The van der Waals surface area contributed by atoms with Crippen molar-refractivity contribution in [2.45, 2.75) is 20.8 Å². The van der Waals surface area contributed by atoms with Crippen LogP contribution in [0.2, 0.25) is 5.02 Å². The van der Waals surface area contributed by atoms with E-state index in [0.29, 0.717) is 23.7 Å². The van der Waals surface area contributed by atoms with Crippen LogP contribution in [-0.4, -0.2) is 23.9 Å². The molecule has 0 N–H and O–H groups in total. The number of hydrogen-bond acceptors (Lipinski definition) is 1. The topological polar surface area (TPSA) is 20.3 Å². The third kappa shape index (κ3) is 2.53. The fourth-order valence-electron chi connectivity index (χ4n) is 1.56. The van der Waals surface area contributed by atoms with E-state index >= 15 is 0 Å². The highest BCUT2D eigenvalue weighted by Crippen LogP contribution is 2.23. The van der Waals surface area contributed by atoms with E-state index in [1.165, 1.54) is 12.1 Å². The number of rotatable bonds is 3. The second kappa shape index (κ2) is 5.30. The van der Waals surface area contributed by atoms with Crippen molar-refractivity contribution in [2.75, 3.05) is 13.1 Å². The lowest BCUT2D eigenvalue weighted by Gasteiger charge is -2.19. The van der Waals surface area contributed by atoms with E-state index in [1.807, 2.05) is 13.8 Å². The Morgan fingerprint density at radius 2 is 1.94 bits per heavy atom. The molecule has 2 nitrogen and oxygen atoms in total. The van der Waals surface area contributed by atoms with E-state index in [-0.39, 0.29) is 11.5 Å². The minimum atomic E-state index is -0.433. The Bertz CT molecular complexity index is 402. The molecule has 0 atom stereocenters. The quantitative estimate of drug-likeness (QED) is 0.798. The van der Waals surface area contributed by atoms with Crippen LogP contribution in [-0.2, 0) is 0 Å². The summed E-state index contributed by atoms with van der Waals surface area (Å²) in [6.45, 7) is 6.61. The van der Waals surface area contributed by atoms with Gasteiger partial charge in [-0.2, -0.15) is 0 Å². The van der Waals surface area contributed by atoms with Crippen LogP contribution in [0.5, 0.6) is 0 Å². The number of benzene rings is 1. The highest BCUT2D eigenvalue weighted by Gasteiger charge is 2.18. The van der Waals surface area contributed by atoms with E-state index in [4.69, 9.17) is 11.6 Å². The van der Waals surface area contributed by atoms with Crippen LogP contribution in [0.15, 0.2) is 12.1 Å². The lowest BCUT2D eigenvalue weighted by molar-refractivity contribution is 0.0772. The van der Waals surface area contributed by atoms with Gasteiger partial charge in [0.05, 0.1) is 10.6 Å². The highest BCUT2D eigenvalue weighted by molar-refractivity contribution is 6.34. The summed E-state index contributed by atoms with van der Waals surface area (Å²) in [6, 6.07) is 2.51. The number of hydrogen-bond donors (Lipinski definition) is 0. The molecule has 0 fully saturated rings. The van der Waals surface area contributed by atoms with Gasteiger partial charge in [-0.25, -0.2) is 4.39 Å². The molecule has 1 aromatic rings.